The molecule has 1 aromatic carbocycles. The van der Waals surface area contributed by atoms with Crippen LogP contribution < -0.4 is 10.1 Å². The van der Waals surface area contributed by atoms with E-state index in [-0.39, 0.29) is 0 Å². The van der Waals surface area contributed by atoms with Crippen LogP contribution in [0, 0.1) is 6.92 Å². The van der Waals surface area contributed by atoms with E-state index in [4.69, 9.17) is 4.74 Å². The van der Waals surface area contributed by atoms with Crippen molar-refractivity contribution in [1.82, 2.24) is 24.9 Å². The van der Waals surface area contributed by atoms with E-state index in [0.717, 1.165) is 41.6 Å². The van der Waals surface area contributed by atoms with Gasteiger partial charge in [-0.3, -0.25) is 0 Å². The number of pyridine rings is 1. The highest BCUT2D eigenvalue weighted by atomic mass is 16.5. The number of aromatic amines is 1. The van der Waals surface area contributed by atoms with Crippen molar-refractivity contribution in [2.24, 2.45) is 0 Å². The predicted octanol–water partition coefficient (Wildman–Crippen LogP) is 5.18. The van der Waals surface area contributed by atoms with Gasteiger partial charge in [0.25, 0.3) is 0 Å². The molecule has 0 saturated carbocycles. The van der Waals surface area contributed by atoms with Crippen LogP contribution in [0.4, 0.5) is 0 Å². The van der Waals surface area contributed by atoms with Crippen molar-refractivity contribution in [2.75, 3.05) is 19.7 Å². The van der Waals surface area contributed by atoms with Crippen LogP contribution in [0.3, 0.4) is 0 Å². The number of nitrogens with one attached hydrogen (secondary N) is 2. The number of aryl methyl sites for hydroxylation is 1. The first-order valence-electron chi connectivity index (χ1n) is 11.4. The molecule has 4 heterocycles. The lowest BCUT2D eigenvalue weighted by molar-refractivity contribution is 0.342. The SMILES string of the molecule is CCOc1cc(-c2[nH]c3ccc(C4CCNCC4)cc3c2C(C)C)cn2nc(C)nc12. The zero-order valence-electron chi connectivity index (χ0n) is 18.8. The summed E-state index contributed by atoms with van der Waals surface area (Å²) in [6, 6.07) is 9.07. The highest BCUT2D eigenvalue weighted by Crippen LogP contribution is 2.39. The minimum atomic E-state index is 0.385. The number of ether oxygens (including phenoxy) is 1. The van der Waals surface area contributed by atoms with Crippen LogP contribution in [0.2, 0.25) is 0 Å². The fraction of sp³-hybridized carbons (Fsp3) is 0.440. The van der Waals surface area contributed by atoms with Gasteiger partial charge in [0.1, 0.15) is 5.82 Å². The lowest BCUT2D eigenvalue weighted by Crippen LogP contribution is -2.26. The zero-order valence-corrected chi connectivity index (χ0v) is 18.8. The Morgan fingerprint density at radius 2 is 2.00 bits per heavy atom. The van der Waals surface area contributed by atoms with Gasteiger partial charge in [-0.05, 0) is 80.9 Å². The summed E-state index contributed by atoms with van der Waals surface area (Å²) in [7, 11) is 0. The maximum Gasteiger partial charge on any atom is 0.198 e. The number of nitrogens with zero attached hydrogens (tertiary/aromatic N) is 3. The molecule has 2 N–H and O–H groups in total. The smallest absolute Gasteiger partial charge is 0.198 e. The van der Waals surface area contributed by atoms with Crippen molar-refractivity contribution >= 4 is 16.6 Å². The molecule has 6 nitrogen and oxygen atoms in total. The highest BCUT2D eigenvalue weighted by molar-refractivity contribution is 5.92. The Kier molecular flexibility index (Phi) is 5.18. The minimum absolute atomic E-state index is 0.385. The van der Waals surface area contributed by atoms with E-state index in [2.05, 4.69) is 64.7 Å². The number of H-pyrrole nitrogens is 1. The first kappa shape index (κ1) is 20.1. The second kappa shape index (κ2) is 8.00. The molecule has 1 saturated heterocycles. The molecule has 0 spiro atoms. The van der Waals surface area contributed by atoms with E-state index in [1.807, 2.05) is 18.4 Å². The van der Waals surface area contributed by atoms with E-state index in [0.29, 0.717) is 18.4 Å². The third-order valence-corrected chi connectivity index (χ3v) is 6.34. The third kappa shape index (κ3) is 3.59. The average Bonchev–Trinajstić information content (AvgIpc) is 3.34. The summed E-state index contributed by atoms with van der Waals surface area (Å²) in [5.74, 6) is 2.54. The Hall–Kier alpha value is -2.86. The Balaban J connectivity index is 1.68. The van der Waals surface area contributed by atoms with E-state index in [9.17, 15) is 0 Å². The molecule has 1 aliphatic rings. The molecule has 1 fully saturated rings. The summed E-state index contributed by atoms with van der Waals surface area (Å²) in [4.78, 5) is 8.25. The van der Waals surface area contributed by atoms with Gasteiger partial charge in [-0.25, -0.2) is 9.50 Å². The van der Waals surface area contributed by atoms with Crippen molar-refractivity contribution in [3.8, 4) is 17.0 Å². The van der Waals surface area contributed by atoms with Crippen molar-refractivity contribution < 1.29 is 4.74 Å². The Morgan fingerprint density at radius 3 is 2.74 bits per heavy atom. The third-order valence-electron chi connectivity index (χ3n) is 6.34. The number of fused-ring (bicyclic) bond motifs is 2. The average molecular weight is 418 g/mol. The van der Waals surface area contributed by atoms with Gasteiger partial charge in [-0.2, -0.15) is 5.10 Å². The van der Waals surface area contributed by atoms with Crippen LogP contribution in [0.1, 0.15) is 62.4 Å². The summed E-state index contributed by atoms with van der Waals surface area (Å²) in [5.41, 5.74) is 6.97. The number of hydrogen-bond acceptors (Lipinski definition) is 4. The lowest BCUT2D eigenvalue weighted by atomic mass is 9.88. The minimum Gasteiger partial charge on any atom is -0.490 e. The molecule has 0 radical (unpaired) electrons. The molecule has 4 aromatic rings. The van der Waals surface area contributed by atoms with E-state index >= 15 is 0 Å². The Bertz CT molecular complexity index is 1230. The van der Waals surface area contributed by atoms with Crippen LogP contribution in [0.25, 0.3) is 27.8 Å². The van der Waals surface area contributed by atoms with Gasteiger partial charge in [0.05, 0.1) is 12.3 Å². The molecule has 3 aromatic heterocycles. The van der Waals surface area contributed by atoms with Crippen LogP contribution in [0.15, 0.2) is 30.5 Å². The fourth-order valence-corrected chi connectivity index (χ4v) is 4.93. The van der Waals surface area contributed by atoms with Crippen LogP contribution in [0.5, 0.6) is 5.75 Å². The maximum atomic E-state index is 5.92. The Morgan fingerprint density at radius 1 is 1.19 bits per heavy atom. The number of hydrogen-bond donors (Lipinski definition) is 2. The number of benzene rings is 1. The zero-order chi connectivity index (χ0) is 21.5. The molecule has 31 heavy (non-hydrogen) atoms. The van der Waals surface area contributed by atoms with Crippen LogP contribution in [-0.4, -0.2) is 39.3 Å². The summed E-state index contributed by atoms with van der Waals surface area (Å²) >= 11 is 0. The van der Waals surface area contributed by atoms with Crippen LogP contribution >= 0.6 is 0 Å². The number of piperidine rings is 1. The molecule has 5 rings (SSSR count). The van der Waals surface area contributed by atoms with Crippen molar-refractivity contribution in [3.05, 3.63) is 47.4 Å². The highest BCUT2D eigenvalue weighted by Gasteiger charge is 2.21. The van der Waals surface area contributed by atoms with E-state index < -0.39 is 0 Å². The van der Waals surface area contributed by atoms with E-state index in [1.165, 1.54) is 34.9 Å². The molecule has 6 heteroatoms. The van der Waals surface area contributed by atoms with Crippen LogP contribution in [-0.2, 0) is 0 Å². The molecule has 0 aliphatic carbocycles. The van der Waals surface area contributed by atoms with Gasteiger partial charge in [-0.1, -0.05) is 19.9 Å². The van der Waals surface area contributed by atoms with Crippen molar-refractivity contribution in [2.45, 2.75) is 52.4 Å². The van der Waals surface area contributed by atoms with Gasteiger partial charge in [0.2, 0.25) is 0 Å². The lowest BCUT2D eigenvalue weighted by Gasteiger charge is -2.23. The summed E-state index contributed by atoms with van der Waals surface area (Å²) < 4.78 is 7.76. The summed E-state index contributed by atoms with van der Waals surface area (Å²) in [5, 5.41) is 9.36. The molecule has 0 unspecified atom stereocenters. The number of aromatic nitrogens is 4. The van der Waals surface area contributed by atoms with Gasteiger partial charge in [-0.15, -0.1) is 0 Å². The van der Waals surface area contributed by atoms with Gasteiger partial charge < -0.3 is 15.0 Å². The van der Waals surface area contributed by atoms with Gasteiger partial charge in [0, 0.05) is 22.7 Å². The summed E-state index contributed by atoms with van der Waals surface area (Å²) in [6.45, 7) is 11.2. The monoisotopic (exact) mass is 417 g/mol. The molecular weight excluding hydrogens is 386 g/mol. The molecule has 0 amide bonds. The van der Waals surface area contributed by atoms with Crippen molar-refractivity contribution in [1.29, 1.82) is 0 Å². The van der Waals surface area contributed by atoms with E-state index in [1.54, 1.807) is 0 Å². The molecule has 0 atom stereocenters. The van der Waals surface area contributed by atoms with Crippen molar-refractivity contribution in [3.63, 3.8) is 0 Å². The first-order valence-corrected chi connectivity index (χ1v) is 11.4. The second-order valence-corrected chi connectivity index (χ2v) is 8.85. The standard InChI is InChI=1S/C25H31N5O/c1-5-31-22-13-19(14-30-25(22)27-16(4)29-30)24-23(15(2)3)20-12-18(6-7-21(20)28-24)17-8-10-26-11-9-17/h6-7,12-15,17,26,28H,5,8-11H2,1-4H3. The summed E-state index contributed by atoms with van der Waals surface area (Å²) in [6.07, 6.45) is 4.47. The molecule has 0 bridgehead atoms. The van der Waals surface area contributed by atoms with Gasteiger partial charge >= 0.3 is 0 Å². The molecular formula is C25H31N5O. The molecule has 1 aliphatic heterocycles. The second-order valence-electron chi connectivity index (χ2n) is 8.85. The molecule has 162 valence electrons. The first-order chi connectivity index (χ1) is 15.0. The van der Waals surface area contributed by atoms with Gasteiger partial charge in [0.15, 0.2) is 11.4 Å². The normalized spacial score (nSPS) is 15.4. The predicted molar refractivity (Wildman–Crippen MR) is 125 cm³/mol. The maximum absolute atomic E-state index is 5.92. The quantitative estimate of drug-likeness (QED) is 0.470. The number of rotatable bonds is 5. The fourth-order valence-electron chi connectivity index (χ4n) is 4.93. The largest absolute Gasteiger partial charge is 0.490 e. The topological polar surface area (TPSA) is 67.2 Å². The Labute approximate surface area is 183 Å².